The maximum Gasteiger partial charge on any atom is 0.338 e. The number of carbonyl (C=O) groups is 2. The summed E-state index contributed by atoms with van der Waals surface area (Å²) in [4.78, 5) is 43.8. The predicted octanol–water partition coefficient (Wildman–Crippen LogP) is 4.09. The number of allylic oxidation sites excluding steroid dienone is 1. The number of carbonyl (C=O) groups excluding carboxylic acids is 1. The Kier molecular flexibility index (Phi) is 8.45. The van der Waals surface area contributed by atoms with E-state index in [2.05, 4.69) is 4.99 Å². The number of carboxylic acid groups (broad SMARTS) is 1. The number of ether oxygens (including phenoxy) is 4. The molecule has 0 saturated heterocycles. The molecule has 12 heteroatoms. The van der Waals surface area contributed by atoms with Gasteiger partial charge in [-0.15, -0.1) is 0 Å². The number of hydrogen-bond acceptors (Lipinski definition) is 10. The Morgan fingerprint density at radius 3 is 2.36 bits per heavy atom. The molecule has 0 radical (unpaired) electrons. The van der Waals surface area contributed by atoms with E-state index in [0.29, 0.717) is 54.9 Å². The molecule has 2 aromatic heterocycles. The highest BCUT2D eigenvalue weighted by Gasteiger charge is 2.34. The molecule has 0 amide bonds. The molecule has 0 fully saturated rings. The minimum atomic E-state index is -1.04. The van der Waals surface area contributed by atoms with Gasteiger partial charge in [-0.2, -0.15) is 0 Å². The van der Waals surface area contributed by atoms with Gasteiger partial charge in [0.05, 0.1) is 55.3 Å². The molecule has 11 nitrogen and oxygen atoms in total. The Morgan fingerprint density at radius 2 is 1.75 bits per heavy atom. The van der Waals surface area contributed by atoms with E-state index < -0.39 is 23.5 Å². The second kappa shape index (κ2) is 12.3. The molecule has 0 unspecified atom stereocenters. The zero-order valence-corrected chi connectivity index (χ0v) is 25.7. The number of thiazole rings is 1. The highest BCUT2D eigenvalue weighted by atomic mass is 32.1. The monoisotopic (exact) mass is 618 g/mol. The van der Waals surface area contributed by atoms with E-state index in [1.54, 1.807) is 56.3 Å². The normalized spacial score (nSPS) is 14.6. The van der Waals surface area contributed by atoms with Crippen molar-refractivity contribution in [2.45, 2.75) is 26.8 Å². The van der Waals surface area contributed by atoms with Crippen molar-refractivity contribution in [2.75, 3.05) is 27.9 Å². The summed E-state index contributed by atoms with van der Waals surface area (Å²) in [6.45, 7) is 5.39. The van der Waals surface area contributed by atoms with Crippen LogP contribution >= 0.6 is 11.3 Å². The molecule has 0 aliphatic carbocycles. The van der Waals surface area contributed by atoms with Crippen LogP contribution in [0, 0.1) is 6.92 Å². The summed E-state index contributed by atoms with van der Waals surface area (Å²) in [5, 5.41) is 9.41. The van der Waals surface area contributed by atoms with Crippen molar-refractivity contribution in [3.8, 4) is 28.6 Å². The van der Waals surface area contributed by atoms with Gasteiger partial charge < -0.3 is 28.5 Å². The number of nitrogens with zero attached hydrogens (tertiary/aromatic N) is 2. The molecule has 1 atom stereocenters. The molecule has 1 N–H and O–H groups in total. The average molecular weight is 619 g/mol. The topological polar surface area (TPSA) is 139 Å². The van der Waals surface area contributed by atoms with Crippen LogP contribution in [0.3, 0.4) is 0 Å². The molecule has 0 spiro atoms. The van der Waals surface area contributed by atoms with E-state index in [0.717, 1.165) is 16.9 Å². The number of benzene rings is 2. The van der Waals surface area contributed by atoms with E-state index in [1.807, 2.05) is 6.92 Å². The van der Waals surface area contributed by atoms with Crippen LogP contribution in [0.5, 0.6) is 17.2 Å². The van der Waals surface area contributed by atoms with Crippen LogP contribution in [-0.4, -0.2) is 49.5 Å². The first-order valence-corrected chi connectivity index (χ1v) is 14.4. The third-order valence-corrected chi connectivity index (χ3v) is 8.15. The molecule has 1 aliphatic heterocycles. The van der Waals surface area contributed by atoms with Crippen molar-refractivity contribution in [2.24, 2.45) is 4.99 Å². The maximum absolute atomic E-state index is 14.0. The van der Waals surface area contributed by atoms with E-state index in [-0.39, 0.29) is 17.7 Å². The number of aryl methyl sites for hydroxylation is 1. The number of rotatable bonds is 9. The zero-order valence-electron chi connectivity index (χ0n) is 24.9. The van der Waals surface area contributed by atoms with Crippen LogP contribution in [0.15, 0.2) is 67.9 Å². The molecule has 0 saturated carbocycles. The summed E-state index contributed by atoms with van der Waals surface area (Å²) >= 11 is 1.15. The summed E-state index contributed by atoms with van der Waals surface area (Å²) < 4.78 is 29.8. The fourth-order valence-electron chi connectivity index (χ4n) is 5.09. The lowest BCUT2D eigenvalue weighted by Crippen LogP contribution is -2.40. The van der Waals surface area contributed by atoms with Gasteiger partial charge >= 0.3 is 11.9 Å². The lowest BCUT2D eigenvalue weighted by molar-refractivity contribution is -0.139. The Bertz CT molecular complexity index is 1970. The first kappa shape index (κ1) is 30.4. The lowest BCUT2D eigenvalue weighted by Gasteiger charge is -2.26. The van der Waals surface area contributed by atoms with Crippen LogP contribution in [-0.2, 0) is 9.53 Å². The second-order valence-electron chi connectivity index (χ2n) is 9.80. The molecular weight excluding hydrogens is 588 g/mol. The van der Waals surface area contributed by atoms with E-state index in [4.69, 9.17) is 23.4 Å². The van der Waals surface area contributed by atoms with E-state index >= 15 is 0 Å². The number of fused-ring (bicyclic) bond motifs is 1. The molecule has 1 aliphatic rings. The second-order valence-corrected chi connectivity index (χ2v) is 10.8. The van der Waals surface area contributed by atoms with E-state index in [1.165, 1.54) is 32.0 Å². The standard InChI is InChI=1S/C32H30N2O9S/c1-7-42-31(38)26-17(3)33-32-34(27(26)19-13-23(39-4)28(41-6)24(14-19)40-5)29(35)25(44-32)15-20-10-11-22(43-20)21-12-18(30(36)37)9-8-16(21)2/h8-15,27H,7H2,1-6H3,(H,36,37)/b25-15-/t27-/m0/s1. The number of furan rings is 1. The SMILES string of the molecule is CCOC(=O)C1=C(C)N=c2s/c(=C\c3ccc(-c4cc(C(=O)O)ccc4C)o3)c(=O)n2[C@H]1c1cc(OC)c(OC)c(OC)c1. The van der Waals surface area contributed by atoms with Crippen molar-refractivity contribution < 1.29 is 38.1 Å². The maximum atomic E-state index is 14.0. The molecule has 44 heavy (non-hydrogen) atoms. The highest BCUT2D eigenvalue weighted by molar-refractivity contribution is 7.07. The molecule has 228 valence electrons. The minimum Gasteiger partial charge on any atom is -0.493 e. The number of aromatic nitrogens is 1. The molecule has 0 bridgehead atoms. The fourth-order valence-corrected chi connectivity index (χ4v) is 6.12. The summed E-state index contributed by atoms with van der Waals surface area (Å²) in [5.41, 5.74) is 2.34. The summed E-state index contributed by atoms with van der Waals surface area (Å²) in [6.07, 6.45) is 1.60. The predicted molar refractivity (Wildman–Crippen MR) is 162 cm³/mol. The van der Waals surface area contributed by atoms with Crippen LogP contribution in [0.4, 0.5) is 0 Å². The van der Waals surface area contributed by atoms with Crippen molar-refractivity contribution >= 4 is 29.4 Å². The Balaban J connectivity index is 1.68. The van der Waals surface area contributed by atoms with Gasteiger partial charge in [-0.05, 0) is 68.3 Å². The molecule has 5 rings (SSSR count). The smallest absolute Gasteiger partial charge is 0.338 e. The van der Waals surface area contributed by atoms with Gasteiger partial charge in [0.2, 0.25) is 5.75 Å². The van der Waals surface area contributed by atoms with Crippen molar-refractivity contribution in [1.82, 2.24) is 4.57 Å². The largest absolute Gasteiger partial charge is 0.493 e. The highest BCUT2D eigenvalue weighted by Crippen LogP contribution is 2.42. The Labute approximate surface area is 255 Å². The lowest BCUT2D eigenvalue weighted by atomic mass is 9.95. The van der Waals surface area contributed by atoms with Crippen molar-refractivity contribution in [3.63, 3.8) is 0 Å². The van der Waals surface area contributed by atoms with Crippen LogP contribution in [0.1, 0.15) is 47.1 Å². The third kappa shape index (κ3) is 5.39. The summed E-state index contributed by atoms with van der Waals surface area (Å²) in [5.74, 6) is 0.271. The van der Waals surface area contributed by atoms with Crippen LogP contribution in [0.2, 0.25) is 0 Å². The molecule has 3 heterocycles. The zero-order chi connectivity index (χ0) is 31.7. The quantitative estimate of drug-likeness (QED) is 0.275. The first-order valence-electron chi connectivity index (χ1n) is 13.6. The van der Waals surface area contributed by atoms with Gasteiger partial charge in [0.25, 0.3) is 5.56 Å². The number of carboxylic acids is 1. The third-order valence-electron chi connectivity index (χ3n) is 7.17. The van der Waals surface area contributed by atoms with Crippen molar-refractivity contribution in [3.05, 3.63) is 95.9 Å². The van der Waals surface area contributed by atoms with Crippen molar-refractivity contribution in [1.29, 1.82) is 0 Å². The average Bonchev–Trinajstić information content (AvgIpc) is 3.59. The number of methoxy groups -OCH3 is 3. The number of esters is 1. The molecule has 2 aromatic carbocycles. The van der Waals surface area contributed by atoms with E-state index in [9.17, 15) is 19.5 Å². The van der Waals surface area contributed by atoms with Gasteiger partial charge in [0.1, 0.15) is 11.5 Å². The van der Waals surface area contributed by atoms with Gasteiger partial charge in [-0.25, -0.2) is 14.6 Å². The van der Waals surface area contributed by atoms with Gasteiger partial charge in [-0.3, -0.25) is 9.36 Å². The summed E-state index contributed by atoms with van der Waals surface area (Å²) in [7, 11) is 4.45. The first-order chi connectivity index (χ1) is 21.1. The number of hydrogen-bond donors (Lipinski definition) is 1. The Hall–Kier alpha value is -5.10. The fraction of sp³-hybridized carbons (Fsp3) is 0.250. The van der Waals surface area contributed by atoms with Crippen LogP contribution in [0.25, 0.3) is 17.4 Å². The van der Waals surface area contributed by atoms with Gasteiger partial charge in [0, 0.05) is 11.6 Å². The minimum absolute atomic E-state index is 0.136. The van der Waals surface area contributed by atoms with Gasteiger partial charge in [-0.1, -0.05) is 17.4 Å². The van der Waals surface area contributed by atoms with Crippen LogP contribution < -0.4 is 29.1 Å². The molecular formula is C32H30N2O9S. The Morgan fingerprint density at radius 1 is 1.05 bits per heavy atom. The molecule has 4 aromatic rings. The van der Waals surface area contributed by atoms with Gasteiger partial charge in [0.15, 0.2) is 16.3 Å². The number of aromatic carboxylic acids is 1. The summed E-state index contributed by atoms with van der Waals surface area (Å²) in [6, 6.07) is 10.7.